The lowest BCUT2D eigenvalue weighted by atomic mass is 10.2. The number of furan rings is 1. The van der Waals surface area contributed by atoms with Gasteiger partial charge in [0.05, 0.1) is 24.3 Å². The minimum absolute atomic E-state index is 0.0101. The van der Waals surface area contributed by atoms with Crippen molar-refractivity contribution in [2.75, 3.05) is 6.61 Å². The summed E-state index contributed by atoms with van der Waals surface area (Å²) in [6.07, 6.45) is 1.88. The summed E-state index contributed by atoms with van der Waals surface area (Å²) in [5.74, 6) is 6.16. The molecule has 2 rings (SSSR count). The van der Waals surface area contributed by atoms with Gasteiger partial charge in [0.25, 0.3) is 0 Å². The summed E-state index contributed by atoms with van der Waals surface area (Å²) in [6, 6.07) is 9.64. The second-order valence-corrected chi connectivity index (χ2v) is 5.97. The first-order valence-corrected chi connectivity index (χ1v) is 7.82. The van der Waals surface area contributed by atoms with Crippen LogP contribution in [0.4, 0.5) is 0 Å². The van der Waals surface area contributed by atoms with Crippen LogP contribution in [0.15, 0.2) is 52.0 Å². The van der Waals surface area contributed by atoms with Gasteiger partial charge in [-0.25, -0.2) is 13.1 Å². The Balaban J connectivity index is 2.05. The maximum absolute atomic E-state index is 12.1. The third-order valence-electron chi connectivity index (χ3n) is 2.65. The van der Waals surface area contributed by atoms with Crippen molar-refractivity contribution in [3.05, 3.63) is 54.0 Å². The topological polar surface area (TPSA) is 79.5 Å². The summed E-state index contributed by atoms with van der Waals surface area (Å²) in [4.78, 5) is 0.168. The van der Waals surface area contributed by atoms with Crippen molar-refractivity contribution in [1.29, 1.82) is 0 Å². The summed E-state index contributed by atoms with van der Waals surface area (Å²) in [5, 5.41) is 8.63. The quantitative estimate of drug-likeness (QED) is 0.820. The normalized spacial score (nSPS) is 10.9. The Morgan fingerprint density at radius 3 is 2.57 bits per heavy atom. The van der Waals surface area contributed by atoms with Crippen molar-refractivity contribution in [2.24, 2.45) is 0 Å². The first kappa shape index (κ1) is 15.3. The Labute approximate surface area is 123 Å². The van der Waals surface area contributed by atoms with Gasteiger partial charge in [-0.15, -0.1) is 0 Å². The summed E-state index contributed by atoms with van der Waals surface area (Å²) in [5.41, 5.74) is 0.702. The maximum atomic E-state index is 12.1. The molecule has 1 heterocycles. The zero-order valence-electron chi connectivity index (χ0n) is 11.2. The van der Waals surface area contributed by atoms with Gasteiger partial charge in [-0.05, 0) is 36.4 Å². The van der Waals surface area contributed by atoms with E-state index in [1.807, 2.05) is 0 Å². The molecule has 0 aliphatic heterocycles. The van der Waals surface area contributed by atoms with Crippen LogP contribution in [0.25, 0.3) is 0 Å². The Morgan fingerprint density at radius 1 is 1.19 bits per heavy atom. The third kappa shape index (κ3) is 4.46. The highest BCUT2D eigenvalue weighted by Crippen LogP contribution is 2.11. The van der Waals surface area contributed by atoms with E-state index in [-0.39, 0.29) is 18.0 Å². The summed E-state index contributed by atoms with van der Waals surface area (Å²) in [6.45, 7) is 0.115. The van der Waals surface area contributed by atoms with Gasteiger partial charge >= 0.3 is 0 Å². The molecule has 0 amide bonds. The predicted octanol–water partition coefficient (Wildman–Crippen LogP) is 1.49. The lowest BCUT2D eigenvalue weighted by Crippen LogP contribution is -2.22. The number of nitrogens with one attached hydrogen (secondary N) is 1. The second-order valence-electron chi connectivity index (χ2n) is 4.20. The van der Waals surface area contributed by atoms with Crippen molar-refractivity contribution in [1.82, 2.24) is 4.72 Å². The Morgan fingerprint density at radius 2 is 1.95 bits per heavy atom. The SMILES string of the molecule is O=S(=O)(NCc1ccco1)c1ccc(C#CCCO)cc1. The molecule has 0 atom stereocenters. The molecule has 6 heteroatoms. The average molecular weight is 305 g/mol. The zero-order chi connectivity index (χ0) is 15.1. The number of benzene rings is 1. The molecule has 2 aromatic rings. The van der Waals surface area contributed by atoms with Gasteiger partial charge in [0, 0.05) is 12.0 Å². The molecule has 0 unspecified atom stereocenters. The number of hydrogen-bond acceptors (Lipinski definition) is 4. The van der Waals surface area contributed by atoms with Gasteiger partial charge in [0.2, 0.25) is 10.0 Å². The predicted molar refractivity (Wildman–Crippen MR) is 77.8 cm³/mol. The average Bonchev–Trinajstić information content (AvgIpc) is 3.00. The van der Waals surface area contributed by atoms with Crippen molar-refractivity contribution < 1.29 is 17.9 Å². The summed E-state index contributed by atoms with van der Waals surface area (Å²) >= 11 is 0. The maximum Gasteiger partial charge on any atom is 0.240 e. The molecule has 21 heavy (non-hydrogen) atoms. The molecule has 0 radical (unpaired) electrons. The molecule has 0 fully saturated rings. The lowest BCUT2D eigenvalue weighted by molar-refractivity contribution is 0.305. The van der Waals surface area contributed by atoms with Crippen LogP contribution in [0.3, 0.4) is 0 Å². The van der Waals surface area contributed by atoms with Crippen LogP contribution in [-0.4, -0.2) is 20.1 Å². The first-order valence-electron chi connectivity index (χ1n) is 6.34. The summed E-state index contributed by atoms with van der Waals surface area (Å²) < 4.78 is 31.7. The van der Waals surface area contributed by atoms with Gasteiger partial charge in [0.1, 0.15) is 5.76 Å². The third-order valence-corrected chi connectivity index (χ3v) is 4.07. The van der Waals surface area contributed by atoms with E-state index < -0.39 is 10.0 Å². The fraction of sp³-hybridized carbons (Fsp3) is 0.200. The van der Waals surface area contributed by atoms with Crippen LogP contribution in [0.5, 0.6) is 0 Å². The molecule has 2 N–H and O–H groups in total. The number of hydrogen-bond donors (Lipinski definition) is 2. The molecule has 110 valence electrons. The van der Waals surface area contributed by atoms with Crippen LogP contribution < -0.4 is 4.72 Å². The van der Waals surface area contributed by atoms with Crippen molar-refractivity contribution in [2.45, 2.75) is 17.9 Å². The molecule has 0 saturated heterocycles. The van der Waals surface area contributed by atoms with Crippen molar-refractivity contribution in [3.63, 3.8) is 0 Å². The smallest absolute Gasteiger partial charge is 0.240 e. The van der Waals surface area contributed by atoms with Crippen molar-refractivity contribution >= 4 is 10.0 Å². The molecule has 0 aliphatic rings. The van der Waals surface area contributed by atoms with Gasteiger partial charge in [0.15, 0.2) is 0 Å². The highest BCUT2D eigenvalue weighted by atomic mass is 32.2. The molecule has 1 aromatic heterocycles. The fourth-order valence-electron chi connectivity index (χ4n) is 1.60. The highest BCUT2D eigenvalue weighted by Gasteiger charge is 2.13. The molecular weight excluding hydrogens is 290 g/mol. The Bertz CT molecular complexity index is 722. The highest BCUT2D eigenvalue weighted by molar-refractivity contribution is 7.89. The largest absolute Gasteiger partial charge is 0.468 e. The monoisotopic (exact) mass is 305 g/mol. The zero-order valence-corrected chi connectivity index (χ0v) is 12.1. The lowest BCUT2D eigenvalue weighted by Gasteiger charge is -2.05. The van der Waals surface area contributed by atoms with Crippen LogP contribution in [0.2, 0.25) is 0 Å². The van der Waals surface area contributed by atoms with E-state index in [9.17, 15) is 8.42 Å². The van der Waals surface area contributed by atoms with Crippen molar-refractivity contribution in [3.8, 4) is 11.8 Å². The Hall–Kier alpha value is -2.07. The molecular formula is C15H15NO4S. The molecule has 0 saturated carbocycles. The van der Waals surface area contributed by atoms with E-state index in [0.29, 0.717) is 17.7 Å². The minimum atomic E-state index is -3.58. The molecule has 0 aliphatic carbocycles. The molecule has 0 bridgehead atoms. The molecule has 5 nitrogen and oxygen atoms in total. The van der Waals surface area contributed by atoms with Crippen LogP contribution >= 0.6 is 0 Å². The van der Waals surface area contributed by atoms with E-state index in [1.54, 1.807) is 24.3 Å². The number of sulfonamides is 1. The number of aliphatic hydroxyl groups excluding tert-OH is 1. The van der Waals surface area contributed by atoms with Gasteiger partial charge < -0.3 is 9.52 Å². The van der Waals surface area contributed by atoms with Gasteiger partial charge in [-0.2, -0.15) is 0 Å². The first-order chi connectivity index (χ1) is 10.1. The standard InChI is InChI=1S/C15H15NO4S/c17-10-2-1-4-13-6-8-15(9-7-13)21(18,19)16-12-14-5-3-11-20-14/h3,5-9,11,16-17H,2,10,12H2. The molecule has 0 spiro atoms. The second kappa shape index (κ2) is 7.09. The number of aliphatic hydroxyl groups is 1. The van der Waals surface area contributed by atoms with E-state index in [0.717, 1.165) is 0 Å². The van der Waals surface area contributed by atoms with E-state index in [2.05, 4.69) is 16.6 Å². The van der Waals surface area contributed by atoms with Crippen LogP contribution in [-0.2, 0) is 16.6 Å². The van der Waals surface area contributed by atoms with E-state index in [1.165, 1.54) is 18.4 Å². The van der Waals surface area contributed by atoms with Gasteiger partial charge in [-0.1, -0.05) is 11.8 Å². The van der Waals surface area contributed by atoms with E-state index >= 15 is 0 Å². The Kier molecular flexibility index (Phi) is 5.17. The summed E-state index contributed by atoms with van der Waals surface area (Å²) in [7, 11) is -3.58. The van der Waals surface area contributed by atoms with Crippen LogP contribution in [0.1, 0.15) is 17.7 Å². The minimum Gasteiger partial charge on any atom is -0.468 e. The van der Waals surface area contributed by atoms with Gasteiger partial charge in [-0.3, -0.25) is 0 Å². The fourth-order valence-corrected chi connectivity index (χ4v) is 2.59. The van der Waals surface area contributed by atoms with E-state index in [4.69, 9.17) is 9.52 Å². The number of rotatable bonds is 5. The molecule has 1 aromatic carbocycles. The van der Waals surface area contributed by atoms with Crippen LogP contribution in [0, 0.1) is 11.8 Å².